The Morgan fingerprint density at radius 1 is 0.634 bits per heavy atom. The van der Waals surface area contributed by atoms with Crippen molar-refractivity contribution in [3.05, 3.63) is 195 Å². The number of aliphatic imine (C=N–C) groups is 1. The lowest BCUT2D eigenvalue weighted by molar-refractivity contribution is -0.137. The second kappa shape index (κ2) is 16.7. The van der Waals surface area contributed by atoms with Crippen LogP contribution in [0.1, 0.15) is 143 Å². The third-order valence-electron chi connectivity index (χ3n) is 15.0. The molecule has 0 unspecified atom stereocenters. The molecular formula is C63H65F3N4O. The molecule has 0 amide bonds. The van der Waals surface area contributed by atoms with Gasteiger partial charge in [0.15, 0.2) is 0 Å². The molecule has 8 aromatic rings. The van der Waals surface area contributed by atoms with Crippen molar-refractivity contribution >= 4 is 33.3 Å². The van der Waals surface area contributed by atoms with Gasteiger partial charge in [0.25, 0.3) is 0 Å². The molecule has 0 saturated carbocycles. The van der Waals surface area contributed by atoms with Gasteiger partial charge in [0.05, 0.1) is 22.6 Å². The van der Waals surface area contributed by atoms with Gasteiger partial charge < -0.3 is 9.64 Å². The van der Waals surface area contributed by atoms with Crippen LogP contribution < -0.4 is 9.64 Å². The van der Waals surface area contributed by atoms with Crippen LogP contribution >= 0.6 is 0 Å². The van der Waals surface area contributed by atoms with Crippen LogP contribution in [0.3, 0.4) is 0 Å². The number of fused-ring (bicyclic) bond motifs is 5. The number of amidine groups is 1. The third-order valence-corrected chi connectivity index (χ3v) is 15.0. The van der Waals surface area contributed by atoms with Gasteiger partial charge in [-0.05, 0) is 129 Å². The van der Waals surface area contributed by atoms with Crippen LogP contribution in [-0.2, 0) is 27.8 Å². The summed E-state index contributed by atoms with van der Waals surface area (Å²) >= 11 is 0. The van der Waals surface area contributed by atoms with Crippen LogP contribution in [0.2, 0.25) is 0 Å². The van der Waals surface area contributed by atoms with Crippen LogP contribution in [0.25, 0.3) is 27.6 Å². The molecule has 2 aliphatic rings. The van der Waals surface area contributed by atoms with Crippen molar-refractivity contribution in [3.63, 3.8) is 0 Å². The van der Waals surface area contributed by atoms with Crippen molar-refractivity contribution < 1.29 is 17.9 Å². The predicted molar refractivity (Wildman–Crippen MR) is 287 cm³/mol. The lowest BCUT2D eigenvalue weighted by Crippen LogP contribution is -2.32. The van der Waals surface area contributed by atoms with E-state index in [0.717, 1.165) is 44.5 Å². The molecule has 0 aliphatic carbocycles. The van der Waals surface area contributed by atoms with Gasteiger partial charge in [-0.25, -0.2) is 4.98 Å². The topological polar surface area (TPSA) is 42.6 Å². The minimum Gasteiger partial charge on any atom is -0.457 e. The fourth-order valence-electron chi connectivity index (χ4n) is 11.0. The van der Waals surface area contributed by atoms with E-state index in [4.69, 9.17) is 14.7 Å². The molecule has 5 nitrogen and oxygen atoms in total. The molecule has 6 aromatic carbocycles. The Kier molecular flexibility index (Phi) is 11.3. The minimum absolute atomic E-state index is 0.0768. The summed E-state index contributed by atoms with van der Waals surface area (Å²) in [6, 6.07) is 42.3. The fraction of sp³-hybridized carbons (Fsp3) is 0.333. The van der Waals surface area contributed by atoms with E-state index in [0.29, 0.717) is 35.1 Å². The highest BCUT2D eigenvalue weighted by Crippen LogP contribution is 2.51. The zero-order chi connectivity index (χ0) is 50.7. The van der Waals surface area contributed by atoms with Crippen LogP contribution in [0, 0.1) is 13.8 Å². The van der Waals surface area contributed by atoms with Crippen molar-refractivity contribution in [1.82, 2.24) is 9.55 Å². The summed E-state index contributed by atoms with van der Waals surface area (Å²) in [6.07, 6.45) is -2.64. The first-order valence-corrected chi connectivity index (χ1v) is 24.9. The second-order valence-electron chi connectivity index (χ2n) is 23.6. The lowest BCUT2D eigenvalue weighted by atomic mass is 9.72. The first-order valence-electron chi connectivity index (χ1n) is 24.9. The maximum Gasteiger partial charge on any atom is 0.416 e. The molecule has 8 heteroatoms. The van der Waals surface area contributed by atoms with E-state index in [1.165, 1.54) is 45.3 Å². The summed E-state index contributed by atoms with van der Waals surface area (Å²) in [7, 11) is 0. The Morgan fingerprint density at radius 2 is 1.23 bits per heavy atom. The number of hydrogen-bond acceptors (Lipinski definition) is 4. The van der Waals surface area contributed by atoms with Crippen LogP contribution in [0.5, 0.6) is 11.5 Å². The summed E-state index contributed by atoms with van der Waals surface area (Å²) < 4.78 is 54.2. The highest BCUT2D eigenvalue weighted by molar-refractivity contribution is 6.13. The van der Waals surface area contributed by atoms with E-state index < -0.39 is 17.2 Å². The van der Waals surface area contributed by atoms with Gasteiger partial charge in [0.1, 0.15) is 23.2 Å². The predicted octanol–water partition coefficient (Wildman–Crippen LogP) is 16.6. The molecule has 364 valence electrons. The van der Waals surface area contributed by atoms with Crippen LogP contribution in [-0.4, -0.2) is 28.0 Å². The molecule has 0 bridgehead atoms. The molecule has 4 heterocycles. The Labute approximate surface area is 417 Å². The van der Waals surface area contributed by atoms with Crippen LogP contribution in [0.4, 0.5) is 18.9 Å². The van der Waals surface area contributed by atoms with Gasteiger partial charge in [-0.3, -0.25) is 9.56 Å². The highest BCUT2D eigenvalue weighted by atomic mass is 19.4. The van der Waals surface area contributed by atoms with Gasteiger partial charge in [0, 0.05) is 57.7 Å². The maximum absolute atomic E-state index is 14.9. The van der Waals surface area contributed by atoms with Gasteiger partial charge in [0.2, 0.25) is 0 Å². The van der Waals surface area contributed by atoms with E-state index >= 15 is 0 Å². The van der Waals surface area contributed by atoms with Crippen LogP contribution in [0.15, 0.2) is 139 Å². The number of anilines is 1. The van der Waals surface area contributed by atoms with Gasteiger partial charge in [-0.2, -0.15) is 13.2 Å². The maximum atomic E-state index is 14.9. The molecular weight excluding hydrogens is 886 g/mol. The Morgan fingerprint density at radius 3 is 1.83 bits per heavy atom. The Bertz CT molecular complexity index is 3340. The van der Waals surface area contributed by atoms with Gasteiger partial charge >= 0.3 is 6.18 Å². The van der Waals surface area contributed by atoms with E-state index in [2.05, 4.69) is 141 Å². The number of ether oxygens (including phenoxy) is 1. The summed E-state index contributed by atoms with van der Waals surface area (Å²) in [6.45, 7) is 28.5. The van der Waals surface area contributed by atoms with E-state index in [9.17, 15) is 13.2 Å². The van der Waals surface area contributed by atoms with Crippen molar-refractivity contribution in [2.24, 2.45) is 4.99 Å². The fourth-order valence-corrected chi connectivity index (χ4v) is 11.0. The molecule has 0 radical (unpaired) electrons. The summed E-state index contributed by atoms with van der Waals surface area (Å²) in [4.78, 5) is 12.7. The van der Waals surface area contributed by atoms with E-state index in [1.54, 1.807) is 0 Å². The average molecular weight is 951 g/mol. The van der Waals surface area contributed by atoms with Crippen molar-refractivity contribution in [1.29, 1.82) is 0 Å². The Hall–Kier alpha value is -6.67. The van der Waals surface area contributed by atoms with E-state index in [1.807, 2.05) is 80.4 Å². The first kappa shape index (κ1) is 48.0. The number of halogens is 3. The molecule has 71 heavy (non-hydrogen) atoms. The van der Waals surface area contributed by atoms with Gasteiger partial charge in [-0.15, -0.1) is 0 Å². The molecule has 0 N–H and O–H groups in total. The molecule has 0 fully saturated rings. The third kappa shape index (κ3) is 8.51. The number of alkyl halides is 3. The molecule has 1 atom stereocenters. The molecule has 2 aromatic heterocycles. The number of aromatic nitrogens is 2. The lowest BCUT2D eigenvalue weighted by Gasteiger charge is -2.36. The number of benzene rings is 6. The zero-order valence-electron chi connectivity index (χ0n) is 43.4. The van der Waals surface area contributed by atoms with E-state index in [-0.39, 0.29) is 28.2 Å². The minimum atomic E-state index is -4.55. The second-order valence-corrected chi connectivity index (χ2v) is 23.6. The highest BCUT2D eigenvalue weighted by Gasteiger charge is 2.40. The van der Waals surface area contributed by atoms with Crippen molar-refractivity contribution in [2.45, 2.75) is 130 Å². The smallest absolute Gasteiger partial charge is 0.416 e. The first-order chi connectivity index (χ1) is 33.3. The largest absolute Gasteiger partial charge is 0.457 e. The van der Waals surface area contributed by atoms with Gasteiger partial charge in [-0.1, -0.05) is 143 Å². The number of nitrogens with zero attached hydrogens (tertiary/aromatic N) is 4. The SMILES string of the molecule is Cc1cc2c3cc(C(C)(C)C)cc4c3n(c2cc1Oc1cc(C2=N[C@H](C(c3ccccc3)c3ccccc3)CN2c2cc(C(C)(C)C)cc(C(F)(F)F)c2)cc(C(C)(C)C)c1)-c1nccc(C)c1C4(C)C. The summed E-state index contributed by atoms with van der Waals surface area (Å²) in [5, 5.41) is 2.33. The summed E-state index contributed by atoms with van der Waals surface area (Å²) in [5.74, 6) is 2.67. The monoisotopic (exact) mass is 951 g/mol. The molecule has 0 spiro atoms. The normalized spacial score (nSPS) is 16.0. The number of rotatable bonds is 7. The number of hydrogen-bond donors (Lipinski definition) is 0. The van der Waals surface area contributed by atoms with Crippen molar-refractivity contribution in [3.8, 4) is 17.3 Å². The van der Waals surface area contributed by atoms with Crippen molar-refractivity contribution in [2.75, 3.05) is 11.4 Å². The number of aryl methyl sites for hydroxylation is 2. The molecule has 10 rings (SSSR count). The Balaban J connectivity index is 1.17. The number of pyridine rings is 1. The molecule has 2 aliphatic heterocycles. The standard InChI is InChI=1S/C63H65F3N4O/c1-37-24-25-67-58-55(37)62(12,13)50-34-44(61(9,10)11)33-49-48-26-38(2)53(35-52(48)70(58)56(49)50)71-47-28-41(27-42(32-47)59(3,4)5)57-68-51(54(39-20-16-14-17-21-39)40-22-18-15-19-23-40)36-69(57)46-30-43(60(6,7)8)29-45(31-46)63(64,65)66/h14-35,51,54H,36H2,1-13H3/t51-/m0/s1. The quantitative estimate of drug-likeness (QED) is 0.160. The summed E-state index contributed by atoms with van der Waals surface area (Å²) in [5.41, 5.74) is 11.2. The zero-order valence-corrected chi connectivity index (χ0v) is 43.4. The average Bonchev–Trinajstić information content (AvgIpc) is 3.87. The molecule has 0 saturated heterocycles.